The van der Waals surface area contributed by atoms with Gasteiger partial charge in [0, 0.05) is 25.9 Å². The number of pyridine rings is 1. The number of ether oxygens (including phenoxy) is 1. The quantitative estimate of drug-likeness (QED) is 0.786. The highest BCUT2D eigenvalue weighted by Crippen LogP contribution is 2.46. The molecule has 0 N–H and O–H groups in total. The van der Waals surface area contributed by atoms with Crippen molar-refractivity contribution in [3.8, 4) is 5.75 Å². The third-order valence-corrected chi connectivity index (χ3v) is 4.39. The zero-order chi connectivity index (χ0) is 14.3. The van der Waals surface area contributed by atoms with Crippen molar-refractivity contribution in [1.29, 1.82) is 0 Å². The fraction of sp³-hybridized carbons (Fsp3) is 0.600. The molecule has 1 aliphatic heterocycles. The van der Waals surface area contributed by atoms with E-state index in [1.54, 1.807) is 11.1 Å². The summed E-state index contributed by atoms with van der Waals surface area (Å²) >= 11 is 0. The maximum absolute atomic E-state index is 12.6. The largest absolute Gasteiger partial charge is 0.487 e. The molecule has 20 heavy (non-hydrogen) atoms. The fourth-order valence-corrected chi connectivity index (χ4v) is 2.80. The van der Waals surface area contributed by atoms with Crippen LogP contribution in [0.4, 0.5) is 0 Å². The molecular formula is C15H20N2O3. The lowest BCUT2D eigenvalue weighted by Gasteiger charge is -2.36. The molecule has 1 fully saturated rings. The molecule has 0 bridgehead atoms. The predicted octanol–water partition coefficient (Wildman–Crippen LogP) is 1.65. The maximum Gasteiger partial charge on any atom is 0.274 e. The van der Waals surface area contributed by atoms with Crippen LogP contribution in [0.1, 0.15) is 43.1 Å². The smallest absolute Gasteiger partial charge is 0.274 e. The topological polar surface area (TPSA) is 51.5 Å². The summed E-state index contributed by atoms with van der Waals surface area (Å²) in [6, 6.07) is 1.50. The van der Waals surface area contributed by atoms with Gasteiger partial charge in [-0.2, -0.15) is 0 Å². The molecular weight excluding hydrogens is 256 g/mol. The van der Waals surface area contributed by atoms with Crippen molar-refractivity contribution in [2.24, 2.45) is 0 Å². The normalized spacial score (nSPS) is 19.1. The van der Waals surface area contributed by atoms with Gasteiger partial charge in [-0.15, -0.1) is 0 Å². The second-order valence-electron chi connectivity index (χ2n) is 5.78. The number of unbranched alkanes of at least 4 members (excludes halogenated alkanes) is 1. The van der Waals surface area contributed by atoms with Crippen molar-refractivity contribution in [3.05, 3.63) is 28.2 Å². The Morgan fingerprint density at radius 1 is 1.35 bits per heavy atom. The monoisotopic (exact) mass is 276 g/mol. The van der Waals surface area contributed by atoms with Crippen molar-refractivity contribution in [1.82, 2.24) is 9.47 Å². The van der Waals surface area contributed by atoms with Crippen LogP contribution in [0.25, 0.3) is 0 Å². The first-order chi connectivity index (χ1) is 9.59. The Labute approximate surface area is 118 Å². The number of likely N-dealkylation sites (N-methyl/N-ethyl adjacent to an activating group) is 1. The number of carbonyl (C=O) groups is 1. The summed E-state index contributed by atoms with van der Waals surface area (Å²) < 4.78 is 7.49. The number of aromatic nitrogens is 1. The number of hydrogen-bond acceptors (Lipinski definition) is 3. The zero-order valence-corrected chi connectivity index (χ0v) is 12.0. The van der Waals surface area contributed by atoms with E-state index >= 15 is 0 Å². The zero-order valence-electron chi connectivity index (χ0n) is 12.0. The number of rotatable bonds is 4. The van der Waals surface area contributed by atoms with Crippen molar-refractivity contribution < 1.29 is 9.53 Å². The number of hydrogen-bond donors (Lipinski definition) is 0. The van der Waals surface area contributed by atoms with Crippen LogP contribution in [0.2, 0.25) is 0 Å². The van der Waals surface area contributed by atoms with E-state index in [1.165, 1.54) is 6.07 Å². The van der Waals surface area contributed by atoms with Gasteiger partial charge in [-0.25, -0.2) is 0 Å². The van der Waals surface area contributed by atoms with Crippen LogP contribution in [0.3, 0.4) is 0 Å². The summed E-state index contributed by atoms with van der Waals surface area (Å²) in [4.78, 5) is 26.4. The minimum atomic E-state index is -0.208. The summed E-state index contributed by atoms with van der Waals surface area (Å²) in [5.74, 6) is 0.117. The van der Waals surface area contributed by atoms with E-state index in [1.807, 2.05) is 11.6 Å². The molecule has 0 atom stereocenters. The molecule has 0 unspecified atom stereocenters. The van der Waals surface area contributed by atoms with Crippen LogP contribution < -0.4 is 10.2 Å². The van der Waals surface area contributed by atoms with Crippen LogP contribution in [0, 0.1) is 0 Å². The highest BCUT2D eigenvalue weighted by molar-refractivity contribution is 5.96. The molecule has 3 rings (SSSR count). The Balaban J connectivity index is 2.00. The van der Waals surface area contributed by atoms with Gasteiger partial charge in [0.15, 0.2) is 11.4 Å². The first-order valence-corrected chi connectivity index (χ1v) is 7.23. The molecule has 5 nitrogen and oxygen atoms in total. The molecule has 0 saturated heterocycles. The van der Waals surface area contributed by atoms with Gasteiger partial charge < -0.3 is 14.2 Å². The van der Waals surface area contributed by atoms with Gasteiger partial charge in [0.1, 0.15) is 0 Å². The molecule has 2 aliphatic rings. The van der Waals surface area contributed by atoms with Gasteiger partial charge in [0.05, 0.1) is 12.1 Å². The van der Waals surface area contributed by atoms with Crippen LogP contribution in [0.15, 0.2) is 17.1 Å². The summed E-state index contributed by atoms with van der Waals surface area (Å²) in [5.41, 5.74) is 0.175. The maximum atomic E-state index is 12.6. The van der Waals surface area contributed by atoms with Crippen LogP contribution in [-0.2, 0) is 6.54 Å². The Hall–Kier alpha value is -1.78. The first-order valence-electron chi connectivity index (χ1n) is 7.23. The molecule has 1 aromatic heterocycles. The van der Waals surface area contributed by atoms with Crippen molar-refractivity contribution in [2.45, 2.75) is 44.7 Å². The Bertz CT molecular complexity index is 602. The predicted molar refractivity (Wildman–Crippen MR) is 75.2 cm³/mol. The van der Waals surface area contributed by atoms with E-state index in [2.05, 4.69) is 6.92 Å². The Morgan fingerprint density at radius 3 is 2.75 bits per heavy atom. The molecule has 2 heterocycles. The molecule has 1 saturated carbocycles. The minimum Gasteiger partial charge on any atom is -0.487 e. The fourth-order valence-electron chi connectivity index (χ4n) is 2.80. The Morgan fingerprint density at radius 2 is 2.10 bits per heavy atom. The second-order valence-corrected chi connectivity index (χ2v) is 5.78. The summed E-state index contributed by atoms with van der Waals surface area (Å²) in [6.07, 6.45) is 5.66. The van der Waals surface area contributed by atoms with E-state index in [0.717, 1.165) is 32.2 Å². The minimum absolute atomic E-state index is 0.0279. The van der Waals surface area contributed by atoms with Gasteiger partial charge in [0.2, 0.25) is 5.43 Å². The number of amides is 1. The van der Waals surface area contributed by atoms with Crippen molar-refractivity contribution in [2.75, 3.05) is 13.7 Å². The SMILES string of the molecule is CCCCOc1c2n(ccc1=O)CC1(CC1)N(C)C2=O. The summed E-state index contributed by atoms with van der Waals surface area (Å²) in [6.45, 7) is 3.30. The van der Waals surface area contributed by atoms with Gasteiger partial charge >= 0.3 is 0 Å². The third-order valence-electron chi connectivity index (χ3n) is 4.39. The number of fused-ring (bicyclic) bond motifs is 1. The lowest BCUT2D eigenvalue weighted by molar-refractivity contribution is 0.0612. The number of nitrogens with zero attached hydrogens (tertiary/aromatic N) is 2. The van der Waals surface area contributed by atoms with Crippen molar-refractivity contribution in [3.63, 3.8) is 0 Å². The molecule has 1 aliphatic carbocycles. The standard InChI is InChI=1S/C15H20N2O3/c1-3-4-9-20-13-11(18)5-8-17-10-15(6-7-15)16(2)14(19)12(13)17/h5,8H,3-4,6-7,9-10H2,1-2H3. The van der Waals surface area contributed by atoms with Crippen molar-refractivity contribution >= 4 is 5.91 Å². The van der Waals surface area contributed by atoms with Gasteiger partial charge in [-0.3, -0.25) is 9.59 Å². The molecule has 0 aromatic carbocycles. The highest BCUT2D eigenvalue weighted by Gasteiger charge is 2.52. The molecule has 1 amide bonds. The lowest BCUT2D eigenvalue weighted by Crippen LogP contribution is -2.48. The van der Waals surface area contributed by atoms with Gasteiger partial charge in [0.25, 0.3) is 5.91 Å². The summed E-state index contributed by atoms with van der Waals surface area (Å²) in [5, 5.41) is 0. The Kier molecular flexibility index (Phi) is 3.07. The second kappa shape index (κ2) is 4.65. The summed E-state index contributed by atoms with van der Waals surface area (Å²) in [7, 11) is 1.83. The molecule has 5 heteroatoms. The van der Waals surface area contributed by atoms with Gasteiger partial charge in [-0.05, 0) is 19.3 Å². The van der Waals surface area contributed by atoms with Gasteiger partial charge in [-0.1, -0.05) is 13.3 Å². The first kappa shape index (κ1) is 13.2. The van der Waals surface area contributed by atoms with Crippen LogP contribution in [-0.4, -0.2) is 34.6 Å². The molecule has 108 valence electrons. The van der Waals surface area contributed by atoms with E-state index < -0.39 is 0 Å². The molecule has 1 aromatic rings. The van der Waals surface area contributed by atoms with Crippen LogP contribution in [0.5, 0.6) is 5.75 Å². The van der Waals surface area contributed by atoms with Crippen LogP contribution >= 0.6 is 0 Å². The molecule has 0 radical (unpaired) electrons. The average molecular weight is 276 g/mol. The average Bonchev–Trinajstić information content (AvgIpc) is 3.20. The third kappa shape index (κ3) is 1.92. The van der Waals surface area contributed by atoms with E-state index in [-0.39, 0.29) is 22.6 Å². The van der Waals surface area contributed by atoms with E-state index in [9.17, 15) is 9.59 Å². The van der Waals surface area contributed by atoms with E-state index in [4.69, 9.17) is 4.74 Å². The highest BCUT2D eigenvalue weighted by atomic mass is 16.5. The molecule has 1 spiro atoms. The number of carbonyl (C=O) groups excluding carboxylic acids is 1. The van der Waals surface area contributed by atoms with E-state index in [0.29, 0.717) is 12.3 Å². The lowest BCUT2D eigenvalue weighted by atomic mass is 10.1.